The Morgan fingerprint density at radius 3 is 2.71 bits per heavy atom. The second kappa shape index (κ2) is 9.97. The summed E-state index contributed by atoms with van der Waals surface area (Å²) in [5.41, 5.74) is 0.841. The third-order valence-corrected chi connectivity index (χ3v) is 5.75. The lowest BCUT2D eigenvalue weighted by molar-refractivity contribution is -0.127. The van der Waals surface area contributed by atoms with E-state index in [4.69, 9.17) is 9.47 Å². The highest BCUT2D eigenvalue weighted by atomic mass is 79.9. The first-order valence-electron chi connectivity index (χ1n) is 9.13. The third kappa shape index (κ3) is 5.45. The fourth-order valence-electron chi connectivity index (χ4n) is 2.78. The molecule has 0 unspecified atom stereocenters. The minimum Gasteiger partial charge on any atom is -0.493 e. The number of hydrogen-bond acceptors (Lipinski definition) is 6. The molecule has 3 amide bonds. The van der Waals surface area contributed by atoms with Crippen molar-refractivity contribution in [2.45, 2.75) is 6.92 Å². The molecule has 0 radical (unpaired) electrons. The molecule has 0 saturated carbocycles. The standard InChI is InChI=1S/C21H18BrFN2O5S/c1-3-30-17-10-15(22)12(7-16(17)29-2)8-18-20(27)25(21(28)31-18)11-19(26)24-14-6-4-5-13(23)9-14/h4-10H,3,11H2,1-2H3,(H,24,26)/b18-8+. The molecule has 10 heteroatoms. The number of nitrogens with zero attached hydrogens (tertiary/aromatic N) is 1. The van der Waals surface area contributed by atoms with E-state index in [9.17, 15) is 18.8 Å². The van der Waals surface area contributed by atoms with Gasteiger partial charge < -0.3 is 14.8 Å². The topological polar surface area (TPSA) is 84.9 Å². The van der Waals surface area contributed by atoms with Crippen LogP contribution in [0.3, 0.4) is 0 Å². The smallest absolute Gasteiger partial charge is 0.294 e. The Bertz CT molecular complexity index is 1080. The number of imide groups is 1. The van der Waals surface area contributed by atoms with Crippen LogP contribution >= 0.6 is 27.7 Å². The number of benzene rings is 2. The van der Waals surface area contributed by atoms with Crippen molar-refractivity contribution in [2.75, 3.05) is 25.6 Å². The van der Waals surface area contributed by atoms with Crippen molar-refractivity contribution in [1.82, 2.24) is 4.90 Å². The van der Waals surface area contributed by atoms with E-state index in [-0.39, 0.29) is 10.6 Å². The zero-order valence-electron chi connectivity index (χ0n) is 16.6. The molecule has 1 saturated heterocycles. The van der Waals surface area contributed by atoms with E-state index in [2.05, 4.69) is 21.2 Å². The maximum Gasteiger partial charge on any atom is 0.294 e. The summed E-state index contributed by atoms with van der Waals surface area (Å²) in [5, 5.41) is 1.90. The van der Waals surface area contributed by atoms with E-state index in [0.29, 0.717) is 28.1 Å². The van der Waals surface area contributed by atoms with Crippen molar-refractivity contribution in [3.05, 3.63) is 57.2 Å². The van der Waals surface area contributed by atoms with Crippen LogP contribution in [0.4, 0.5) is 14.9 Å². The highest BCUT2D eigenvalue weighted by Gasteiger charge is 2.36. The number of ether oxygens (including phenoxy) is 2. The molecule has 1 aliphatic heterocycles. The quantitative estimate of drug-likeness (QED) is 0.547. The molecule has 1 aliphatic rings. The summed E-state index contributed by atoms with van der Waals surface area (Å²) in [4.78, 5) is 38.2. The Kier molecular flexibility index (Phi) is 7.34. The number of rotatable bonds is 7. The minimum absolute atomic E-state index is 0.162. The number of thioether (sulfide) groups is 1. The average molecular weight is 509 g/mol. The van der Waals surface area contributed by atoms with Crippen molar-refractivity contribution >= 4 is 56.5 Å². The van der Waals surface area contributed by atoms with Gasteiger partial charge in [0.25, 0.3) is 11.1 Å². The van der Waals surface area contributed by atoms with Gasteiger partial charge in [-0.3, -0.25) is 19.3 Å². The predicted molar refractivity (Wildman–Crippen MR) is 120 cm³/mol. The normalized spacial score (nSPS) is 14.8. The van der Waals surface area contributed by atoms with E-state index < -0.39 is 29.4 Å². The van der Waals surface area contributed by atoms with Gasteiger partial charge in [0.05, 0.1) is 18.6 Å². The number of hydrogen-bond donors (Lipinski definition) is 1. The Morgan fingerprint density at radius 2 is 2.03 bits per heavy atom. The number of anilines is 1. The van der Waals surface area contributed by atoms with Gasteiger partial charge in [0, 0.05) is 10.2 Å². The fourth-order valence-corrected chi connectivity index (χ4v) is 4.04. The molecular weight excluding hydrogens is 491 g/mol. The molecule has 162 valence electrons. The van der Waals surface area contributed by atoms with Crippen LogP contribution in [0.25, 0.3) is 6.08 Å². The molecule has 1 fully saturated rings. The van der Waals surface area contributed by atoms with Crippen LogP contribution in [0.1, 0.15) is 12.5 Å². The number of carbonyl (C=O) groups excluding carboxylic acids is 3. The van der Waals surface area contributed by atoms with Crippen LogP contribution in [0.2, 0.25) is 0 Å². The minimum atomic E-state index is -0.613. The monoisotopic (exact) mass is 508 g/mol. The van der Waals surface area contributed by atoms with Crippen LogP contribution in [0.15, 0.2) is 45.8 Å². The lowest BCUT2D eigenvalue weighted by Gasteiger charge is -2.13. The number of carbonyl (C=O) groups is 3. The lowest BCUT2D eigenvalue weighted by Crippen LogP contribution is -2.36. The molecule has 0 aromatic heterocycles. The zero-order valence-corrected chi connectivity index (χ0v) is 19.0. The molecule has 2 aromatic rings. The number of nitrogens with one attached hydrogen (secondary N) is 1. The Morgan fingerprint density at radius 1 is 1.26 bits per heavy atom. The van der Waals surface area contributed by atoms with E-state index in [0.717, 1.165) is 22.7 Å². The first kappa shape index (κ1) is 22.8. The number of methoxy groups -OCH3 is 1. The second-order valence-electron chi connectivity index (χ2n) is 6.28. The molecular formula is C21H18BrFN2O5S. The summed E-state index contributed by atoms with van der Waals surface area (Å²) in [6.07, 6.45) is 1.54. The van der Waals surface area contributed by atoms with Crippen molar-refractivity contribution in [3.63, 3.8) is 0 Å². The average Bonchev–Trinajstić information content (AvgIpc) is 2.97. The fraction of sp³-hybridized carbons (Fsp3) is 0.190. The number of amides is 3. The summed E-state index contributed by atoms with van der Waals surface area (Å²) in [6, 6.07) is 8.72. The van der Waals surface area contributed by atoms with Crippen molar-refractivity contribution in [2.24, 2.45) is 0 Å². The van der Waals surface area contributed by atoms with Crippen molar-refractivity contribution in [1.29, 1.82) is 0 Å². The molecule has 1 N–H and O–H groups in total. The van der Waals surface area contributed by atoms with Gasteiger partial charge in [-0.2, -0.15) is 0 Å². The van der Waals surface area contributed by atoms with Crippen molar-refractivity contribution < 1.29 is 28.2 Å². The van der Waals surface area contributed by atoms with Gasteiger partial charge in [-0.25, -0.2) is 4.39 Å². The zero-order chi connectivity index (χ0) is 22.5. The molecule has 31 heavy (non-hydrogen) atoms. The summed E-state index contributed by atoms with van der Waals surface area (Å²) < 4.78 is 24.7. The first-order valence-corrected chi connectivity index (χ1v) is 10.7. The molecule has 2 aromatic carbocycles. The van der Waals surface area contributed by atoms with Crippen LogP contribution in [-0.4, -0.2) is 42.2 Å². The van der Waals surface area contributed by atoms with E-state index in [1.165, 1.54) is 31.4 Å². The predicted octanol–water partition coefficient (Wildman–Crippen LogP) is 4.67. The van der Waals surface area contributed by atoms with Crippen LogP contribution in [0.5, 0.6) is 11.5 Å². The summed E-state index contributed by atoms with van der Waals surface area (Å²) in [7, 11) is 1.50. The Balaban J connectivity index is 1.76. The van der Waals surface area contributed by atoms with Crippen LogP contribution in [0, 0.1) is 5.82 Å². The highest BCUT2D eigenvalue weighted by Crippen LogP contribution is 2.38. The van der Waals surface area contributed by atoms with Gasteiger partial charge in [0.15, 0.2) is 11.5 Å². The van der Waals surface area contributed by atoms with Crippen LogP contribution < -0.4 is 14.8 Å². The first-order chi connectivity index (χ1) is 14.8. The molecule has 7 nitrogen and oxygen atoms in total. The van der Waals surface area contributed by atoms with E-state index in [1.807, 2.05) is 6.92 Å². The van der Waals surface area contributed by atoms with Gasteiger partial charge in [0.2, 0.25) is 5.91 Å². The van der Waals surface area contributed by atoms with E-state index in [1.54, 1.807) is 12.1 Å². The maximum absolute atomic E-state index is 13.3. The van der Waals surface area contributed by atoms with E-state index >= 15 is 0 Å². The maximum atomic E-state index is 13.3. The molecule has 3 rings (SSSR count). The second-order valence-corrected chi connectivity index (χ2v) is 8.13. The van der Waals surface area contributed by atoms with Crippen LogP contribution in [-0.2, 0) is 9.59 Å². The third-order valence-electron chi connectivity index (χ3n) is 4.15. The molecule has 0 atom stereocenters. The lowest BCUT2D eigenvalue weighted by atomic mass is 10.2. The van der Waals surface area contributed by atoms with Gasteiger partial charge in [-0.15, -0.1) is 0 Å². The Hall–Kier alpha value is -2.85. The van der Waals surface area contributed by atoms with Gasteiger partial charge in [-0.1, -0.05) is 22.0 Å². The summed E-state index contributed by atoms with van der Waals surface area (Å²) >= 11 is 4.16. The number of halogens is 2. The van der Waals surface area contributed by atoms with Gasteiger partial charge in [0.1, 0.15) is 12.4 Å². The Labute approximate surface area is 190 Å². The molecule has 0 aliphatic carbocycles. The molecule has 0 spiro atoms. The summed E-state index contributed by atoms with van der Waals surface area (Å²) in [6.45, 7) is 1.83. The van der Waals surface area contributed by atoms with Gasteiger partial charge >= 0.3 is 0 Å². The molecule has 0 bridgehead atoms. The largest absolute Gasteiger partial charge is 0.493 e. The highest BCUT2D eigenvalue weighted by molar-refractivity contribution is 9.10. The molecule has 1 heterocycles. The van der Waals surface area contributed by atoms with Gasteiger partial charge in [-0.05, 0) is 60.7 Å². The summed E-state index contributed by atoms with van der Waals surface area (Å²) in [5.74, 6) is -0.702. The SMILES string of the molecule is CCOc1cc(Br)c(/C=C2/SC(=O)N(CC(=O)Nc3cccc(F)c3)C2=O)cc1OC. The van der Waals surface area contributed by atoms with Crippen molar-refractivity contribution in [3.8, 4) is 11.5 Å².